The van der Waals surface area contributed by atoms with Crippen LogP contribution in [0.4, 0.5) is 5.69 Å². The van der Waals surface area contributed by atoms with Gasteiger partial charge in [0.25, 0.3) is 0 Å². The average Bonchev–Trinajstić information content (AvgIpc) is 2.85. The molecule has 1 unspecified atom stereocenters. The SMILES string of the molecule is OC(/C1=C/CCCCCC1)c1cccc2c1NCC2. The molecule has 1 aliphatic heterocycles. The third-order valence-corrected chi connectivity index (χ3v) is 4.35. The van der Waals surface area contributed by atoms with Gasteiger partial charge in [-0.05, 0) is 43.2 Å². The zero-order chi connectivity index (χ0) is 13.1. The van der Waals surface area contributed by atoms with Gasteiger partial charge in [-0.2, -0.15) is 0 Å². The number of rotatable bonds is 2. The molecule has 1 aromatic rings. The Labute approximate surface area is 115 Å². The molecule has 1 aromatic carbocycles. The summed E-state index contributed by atoms with van der Waals surface area (Å²) < 4.78 is 0. The minimum absolute atomic E-state index is 0.418. The van der Waals surface area contributed by atoms with Gasteiger partial charge in [0.2, 0.25) is 0 Å². The number of hydrogen-bond acceptors (Lipinski definition) is 2. The molecule has 2 N–H and O–H groups in total. The fourth-order valence-electron chi connectivity index (χ4n) is 3.26. The van der Waals surface area contributed by atoms with Crippen LogP contribution in [0.2, 0.25) is 0 Å². The summed E-state index contributed by atoms with van der Waals surface area (Å²) in [4.78, 5) is 0. The number of nitrogens with one attached hydrogen (secondary N) is 1. The molecule has 0 bridgehead atoms. The fourth-order valence-corrected chi connectivity index (χ4v) is 3.26. The van der Waals surface area contributed by atoms with Crippen LogP contribution < -0.4 is 5.32 Å². The molecule has 0 spiro atoms. The highest BCUT2D eigenvalue weighted by Crippen LogP contribution is 2.36. The molecule has 0 saturated carbocycles. The summed E-state index contributed by atoms with van der Waals surface area (Å²) in [7, 11) is 0. The summed E-state index contributed by atoms with van der Waals surface area (Å²) in [6.07, 6.45) is 10.2. The number of aliphatic hydroxyl groups excluding tert-OH is 1. The first-order valence-corrected chi connectivity index (χ1v) is 7.59. The summed E-state index contributed by atoms with van der Waals surface area (Å²) in [6, 6.07) is 6.31. The van der Waals surface area contributed by atoms with Gasteiger partial charge in [-0.3, -0.25) is 0 Å². The molecule has 1 heterocycles. The van der Waals surface area contributed by atoms with Crippen molar-refractivity contribution >= 4 is 5.69 Å². The predicted octanol–water partition coefficient (Wildman–Crippen LogP) is 3.97. The number of para-hydroxylation sites is 1. The number of anilines is 1. The molecule has 0 fully saturated rings. The molecule has 19 heavy (non-hydrogen) atoms. The van der Waals surface area contributed by atoms with Gasteiger partial charge in [-0.25, -0.2) is 0 Å². The van der Waals surface area contributed by atoms with Crippen LogP contribution >= 0.6 is 0 Å². The zero-order valence-electron chi connectivity index (χ0n) is 11.5. The van der Waals surface area contributed by atoms with Crippen LogP contribution in [-0.4, -0.2) is 11.7 Å². The molecule has 2 aliphatic rings. The summed E-state index contributed by atoms with van der Waals surface area (Å²) in [6.45, 7) is 0.998. The minimum Gasteiger partial charge on any atom is -0.384 e. The van der Waals surface area contributed by atoms with Crippen molar-refractivity contribution in [1.82, 2.24) is 0 Å². The maximum Gasteiger partial charge on any atom is 0.102 e. The highest BCUT2D eigenvalue weighted by Gasteiger charge is 2.21. The standard InChI is InChI=1S/C17H23NO/c19-17(14-7-4-2-1-3-5-8-14)15-10-6-9-13-11-12-18-16(13)15/h6-7,9-10,17-19H,1-5,8,11-12H2/b14-7+. The topological polar surface area (TPSA) is 32.3 Å². The second kappa shape index (κ2) is 5.79. The number of hydrogen-bond donors (Lipinski definition) is 2. The van der Waals surface area contributed by atoms with E-state index in [-0.39, 0.29) is 0 Å². The van der Waals surface area contributed by atoms with E-state index in [1.807, 2.05) is 0 Å². The second-order valence-corrected chi connectivity index (χ2v) is 5.69. The normalized spacial score (nSPS) is 23.5. The van der Waals surface area contributed by atoms with E-state index in [1.165, 1.54) is 42.5 Å². The molecular weight excluding hydrogens is 234 g/mol. The quantitative estimate of drug-likeness (QED) is 0.786. The minimum atomic E-state index is -0.418. The molecule has 3 rings (SSSR count). The van der Waals surface area contributed by atoms with Crippen LogP contribution in [0.5, 0.6) is 0 Å². The smallest absolute Gasteiger partial charge is 0.102 e. The van der Waals surface area contributed by atoms with Crippen molar-refractivity contribution in [2.75, 3.05) is 11.9 Å². The Balaban J connectivity index is 1.87. The van der Waals surface area contributed by atoms with Crippen molar-refractivity contribution in [3.05, 3.63) is 41.0 Å². The Bertz CT molecular complexity index is 478. The molecule has 1 aliphatic carbocycles. The highest BCUT2D eigenvalue weighted by atomic mass is 16.3. The van der Waals surface area contributed by atoms with Crippen LogP contribution in [0, 0.1) is 0 Å². The highest BCUT2D eigenvalue weighted by molar-refractivity contribution is 5.62. The average molecular weight is 257 g/mol. The largest absolute Gasteiger partial charge is 0.384 e. The third kappa shape index (κ3) is 2.69. The lowest BCUT2D eigenvalue weighted by Gasteiger charge is -2.20. The van der Waals surface area contributed by atoms with Crippen molar-refractivity contribution < 1.29 is 5.11 Å². The van der Waals surface area contributed by atoms with Gasteiger partial charge in [-0.1, -0.05) is 37.1 Å². The molecule has 1 atom stereocenters. The van der Waals surface area contributed by atoms with Gasteiger partial charge in [0.05, 0.1) is 0 Å². The third-order valence-electron chi connectivity index (χ3n) is 4.35. The Morgan fingerprint density at radius 1 is 1.05 bits per heavy atom. The van der Waals surface area contributed by atoms with Crippen molar-refractivity contribution in [2.45, 2.75) is 51.0 Å². The van der Waals surface area contributed by atoms with E-state index in [4.69, 9.17) is 0 Å². The first-order chi connectivity index (χ1) is 9.36. The van der Waals surface area contributed by atoms with E-state index < -0.39 is 6.10 Å². The maximum atomic E-state index is 10.7. The lowest BCUT2D eigenvalue weighted by Crippen LogP contribution is -2.06. The number of benzene rings is 1. The molecule has 0 aromatic heterocycles. The van der Waals surface area contributed by atoms with Gasteiger partial charge >= 0.3 is 0 Å². The molecule has 0 radical (unpaired) electrons. The first kappa shape index (κ1) is 12.7. The van der Waals surface area contributed by atoms with E-state index in [0.717, 1.165) is 31.4 Å². The summed E-state index contributed by atoms with van der Waals surface area (Å²) in [5.41, 5.74) is 4.82. The predicted molar refractivity (Wildman–Crippen MR) is 79.4 cm³/mol. The van der Waals surface area contributed by atoms with E-state index >= 15 is 0 Å². The molecule has 102 valence electrons. The van der Waals surface area contributed by atoms with Gasteiger partial charge in [0.15, 0.2) is 0 Å². The van der Waals surface area contributed by atoms with E-state index in [0.29, 0.717) is 0 Å². The fraction of sp³-hybridized carbons (Fsp3) is 0.529. The Hall–Kier alpha value is -1.28. The molecule has 2 nitrogen and oxygen atoms in total. The summed E-state index contributed by atoms with van der Waals surface area (Å²) in [5, 5.41) is 14.1. The molecular formula is C17H23NO. The van der Waals surface area contributed by atoms with Crippen LogP contribution in [-0.2, 0) is 6.42 Å². The number of aliphatic hydroxyl groups is 1. The maximum absolute atomic E-state index is 10.7. The summed E-state index contributed by atoms with van der Waals surface area (Å²) in [5.74, 6) is 0. The zero-order valence-corrected chi connectivity index (χ0v) is 11.5. The second-order valence-electron chi connectivity index (χ2n) is 5.69. The van der Waals surface area contributed by atoms with Crippen LogP contribution in [0.25, 0.3) is 0 Å². The Kier molecular flexibility index (Phi) is 3.88. The van der Waals surface area contributed by atoms with Crippen molar-refractivity contribution in [3.8, 4) is 0 Å². The number of allylic oxidation sites excluding steroid dienone is 1. The van der Waals surface area contributed by atoms with Crippen molar-refractivity contribution in [3.63, 3.8) is 0 Å². The molecule has 0 saturated heterocycles. The van der Waals surface area contributed by atoms with Gasteiger partial charge in [-0.15, -0.1) is 0 Å². The summed E-state index contributed by atoms with van der Waals surface area (Å²) >= 11 is 0. The number of fused-ring (bicyclic) bond motifs is 1. The first-order valence-electron chi connectivity index (χ1n) is 7.59. The van der Waals surface area contributed by atoms with Crippen LogP contribution in [0.15, 0.2) is 29.8 Å². The lowest BCUT2D eigenvalue weighted by atomic mass is 9.91. The van der Waals surface area contributed by atoms with E-state index in [2.05, 4.69) is 29.6 Å². The van der Waals surface area contributed by atoms with Crippen LogP contribution in [0.1, 0.15) is 55.8 Å². The monoisotopic (exact) mass is 257 g/mol. The van der Waals surface area contributed by atoms with Crippen molar-refractivity contribution in [2.24, 2.45) is 0 Å². The van der Waals surface area contributed by atoms with E-state index in [9.17, 15) is 5.11 Å². The lowest BCUT2D eigenvalue weighted by molar-refractivity contribution is 0.210. The van der Waals surface area contributed by atoms with Gasteiger partial charge < -0.3 is 10.4 Å². The van der Waals surface area contributed by atoms with Gasteiger partial charge in [0, 0.05) is 17.8 Å². The van der Waals surface area contributed by atoms with E-state index in [1.54, 1.807) is 0 Å². The Morgan fingerprint density at radius 3 is 2.89 bits per heavy atom. The Morgan fingerprint density at radius 2 is 1.95 bits per heavy atom. The molecule has 0 amide bonds. The van der Waals surface area contributed by atoms with Gasteiger partial charge in [0.1, 0.15) is 6.10 Å². The van der Waals surface area contributed by atoms with Crippen molar-refractivity contribution in [1.29, 1.82) is 0 Å². The molecule has 2 heteroatoms. The van der Waals surface area contributed by atoms with Crippen LogP contribution in [0.3, 0.4) is 0 Å².